The first kappa shape index (κ1) is 12.2. The highest BCUT2D eigenvalue weighted by Crippen LogP contribution is 2.27. The molecule has 0 radical (unpaired) electrons. The van der Waals surface area contributed by atoms with Crippen molar-refractivity contribution in [1.29, 1.82) is 0 Å². The minimum absolute atomic E-state index is 0.506. The Kier molecular flexibility index (Phi) is 4.23. The number of nitrogens with zero attached hydrogens (tertiary/aromatic N) is 2. The van der Waals surface area contributed by atoms with E-state index in [1.165, 1.54) is 5.69 Å². The fourth-order valence-electron chi connectivity index (χ4n) is 1.81. The van der Waals surface area contributed by atoms with Crippen molar-refractivity contribution < 1.29 is 0 Å². The Hall–Kier alpha value is -1.26. The van der Waals surface area contributed by atoms with Crippen LogP contribution in [0.15, 0.2) is 29.9 Å². The molecule has 1 N–H and O–H groups in total. The quantitative estimate of drug-likeness (QED) is 0.882. The van der Waals surface area contributed by atoms with E-state index in [4.69, 9.17) is 4.98 Å². The van der Waals surface area contributed by atoms with E-state index in [1.54, 1.807) is 23.7 Å². The normalized spacial score (nSPS) is 12.6. The molecule has 0 saturated heterocycles. The van der Waals surface area contributed by atoms with Gasteiger partial charge in [-0.3, -0.25) is 4.98 Å². The van der Waals surface area contributed by atoms with Crippen LogP contribution in [0.2, 0.25) is 0 Å². The van der Waals surface area contributed by atoms with Crippen LogP contribution in [0.4, 0.5) is 0 Å². The minimum atomic E-state index is 0.506. The Morgan fingerprint density at radius 3 is 2.76 bits per heavy atom. The number of hydrogen-bond acceptors (Lipinski definition) is 4. The van der Waals surface area contributed by atoms with Crippen LogP contribution in [0.3, 0.4) is 0 Å². The maximum atomic E-state index is 4.72. The predicted molar refractivity (Wildman–Crippen MR) is 72.3 cm³/mol. The first-order valence-corrected chi connectivity index (χ1v) is 6.73. The lowest BCUT2D eigenvalue weighted by Crippen LogP contribution is -2.16. The number of hydrogen-bond donors (Lipinski definition) is 1. The summed E-state index contributed by atoms with van der Waals surface area (Å²) in [4.78, 5) is 8.75. The van der Waals surface area contributed by atoms with E-state index in [9.17, 15) is 0 Å². The van der Waals surface area contributed by atoms with Crippen molar-refractivity contribution in [1.82, 2.24) is 15.3 Å². The van der Waals surface area contributed by atoms with E-state index in [0.29, 0.717) is 5.92 Å². The van der Waals surface area contributed by atoms with Crippen LogP contribution in [0.5, 0.6) is 0 Å². The van der Waals surface area contributed by atoms with Gasteiger partial charge in [-0.25, -0.2) is 4.98 Å². The van der Waals surface area contributed by atoms with Gasteiger partial charge in [0.2, 0.25) is 0 Å². The standard InChI is InChI=1S/C13H17N3S/c1-3-10(8-14-2)12-9-17-13(16-12)11-4-6-15-7-5-11/h4-7,9-10,14H,3,8H2,1-2H3. The molecular formula is C13H17N3S. The molecule has 2 rings (SSSR count). The summed E-state index contributed by atoms with van der Waals surface area (Å²) in [7, 11) is 1.98. The first-order valence-electron chi connectivity index (χ1n) is 5.85. The molecule has 2 heterocycles. The largest absolute Gasteiger partial charge is 0.319 e. The number of thiazole rings is 1. The average Bonchev–Trinajstić information content (AvgIpc) is 2.86. The molecule has 1 atom stereocenters. The van der Waals surface area contributed by atoms with Gasteiger partial charge in [0, 0.05) is 35.8 Å². The van der Waals surface area contributed by atoms with Crippen LogP contribution in [-0.2, 0) is 0 Å². The Labute approximate surface area is 106 Å². The Bertz CT molecular complexity index is 453. The Morgan fingerprint density at radius 2 is 2.12 bits per heavy atom. The molecule has 0 saturated carbocycles. The van der Waals surface area contributed by atoms with Crippen molar-refractivity contribution in [2.45, 2.75) is 19.3 Å². The van der Waals surface area contributed by atoms with Crippen LogP contribution >= 0.6 is 11.3 Å². The van der Waals surface area contributed by atoms with Gasteiger partial charge in [-0.2, -0.15) is 0 Å². The molecule has 3 nitrogen and oxygen atoms in total. The van der Waals surface area contributed by atoms with Crippen LogP contribution in [-0.4, -0.2) is 23.6 Å². The van der Waals surface area contributed by atoms with Gasteiger partial charge in [-0.15, -0.1) is 11.3 Å². The maximum absolute atomic E-state index is 4.72. The zero-order valence-electron chi connectivity index (χ0n) is 10.2. The highest BCUT2D eigenvalue weighted by Gasteiger charge is 2.13. The van der Waals surface area contributed by atoms with E-state index in [1.807, 2.05) is 19.2 Å². The fourth-order valence-corrected chi connectivity index (χ4v) is 2.71. The molecule has 0 spiro atoms. The van der Waals surface area contributed by atoms with Crippen molar-refractivity contribution in [2.24, 2.45) is 0 Å². The summed E-state index contributed by atoms with van der Waals surface area (Å²) in [6, 6.07) is 4.00. The summed E-state index contributed by atoms with van der Waals surface area (Å²) in [5.74, 6) is 0.506. The topological polar surface area (TPSA) is 37.8 Å². The van der Waals surface area contributed by atoms with Gasteiger partial charge in [-0.1, -0.05) is 6.92 Å². The molecule has 0 fully saturated rings. The third-order valence-corrected chi connectivity index (χ3v) is 3.72. The molecule has 1 unspecified atom stereocenters. The van der Waals surface area contributed by atoms with Gasteiger partial charge in [0.05, 0.1) is 5.69 Å². The smallest absolute Gasteiger partial charge is 0.123 e. The highest BCUT2D eigenvalue weighted by atomic mass is 32.1. The van der Waals surface area contributed by atoms with Crippen LogP contribution < -0.4 is 5.32 Å². The Morgan fingerprint density at radius 1 is 1.35 bits per heavy atom. The number of aromatic nitrogens is 2. The van der Waals surface area contributed by atoms with E-state index < -0.39 is 0 Å². The fraction of sp³-hybridized carbons (Fsp3) is 0.385. The van der Waals surface area contributed by atoms with E-state index in [2.05, 4.69) is 22.6 Å². The Balaban J connectivity index is 2.21. The number of pyridine rings is 1. The lowest BCUT2D eigenvalue weighted by atomic mass is 10.0. The molecule has 0 aliphatic rings. The summed E-state index contributed by atoms with van der Waals surface area (Å²) in [5.41, 5.74) is 2.34. The minimum Gasteiger partial charge on any atom is -0.319 e. The maximum Gasteiger partial charge on any atom is 0.123 e. The molecule has 2 aromatic rings. The summed E-state index contributed by atoms with van der Waals surface area (Å²) >= 11 is 1.71. The van der Waals surface area contributed by atoms with Crippen LogP contribution in [0, 0.1) is 0 Å². The van der Waals surface area contributed by atoms with Crippen molar-refractivity contribution in [3.05, 3.63) is 35.6 Å². The highest BCUT2D eigenvalue weighted by molar-refractivity contribution is 7.13. The zero-order chi connectivity index (χ0) is 12.1. The predicted octanol–water partition coefficient (Wildman–Crippen LogP) is 2.92. The van der Waals surface area contributed by atoms with Crippen molar-refractivity contribution >= 4 is 11.3 Å². The van der Waals surface area contributed by atoms with E-state index >= 15 is 0 Å². The third-order valence-electron chi connectivity index (χ3n) is 2.81. The lowest BCUT2D eigenvalue weighted by Gasteiger charge is -2.10. The summed E-state index contributed by atoms with van der Waals surface area (Å²) < 4.78 is 0. The first-order chi connectivity index (χ1) is 8.35. The van der Waals surface area contributed by atoms with Crippen molar-refractivity contribution in [3.8, 4) is 10.6 Å². The van der Waals surface area contributed by atoms with Crippen LogP contribution in [0.1, 0.15) is 25.0 Å². The SMILES string of the molecule is CCC(CNC)c1csc(-c2ccncc2)n1. The number of rotatable bonds is 5. The molecule has 0 aliphatic carbocycles. The molecule has 0 amide bonds. The molecule has 2 aromatic heterocycles. The van der Waals surface area contributed by atoms with Gasteiger partial charge in [0.15, 0.2) is 0 Å². The van der Waals surface area contributed by atoms with Gasteiger partial charge in [0.1, 0.15) is 5.01 Å². The van der Waals surface area contributed by atoms with Gasteiger partial charge >= 0.3 is 0 Å². The van der Waals surface area contributed by atoms with E-state index in [-0.39, 0.29) is 0 Å². The second-order valence-corrected chi connectivity index (χ2v) is 4.83. The van der Waals surface area contributed by atoms with E-state index in [0.717, 1.165) is 23.5 Å². The average molecular weight is 247 g/mol. The van der Waals surface area contributed by atoms with Crippen LogP contribution in [0.25, 0.3) is 10.6 Å². The zero-order valence-corrected chi connectivity index (χ0v) is 11.0. The second-order valence-electron chi connectivity index (χ2n) is 3.98. The summed E-state index contributed by atoms with van der Waals surface area (Å²) in [6.45, 7) is 3.18. The molecule has 0 bridgehead atoms. The van der Waals surface area contributed by atoms with Gasteiger partial charge in [-0.05, 0) is 25.6 Å². The van der Waals surface area contributed by atoms with Gasteiger partial charge in [0.25, 0.3) is 0 Å². The number of likely N-dealkylation sites (N-methyl/N-ethyl adjacent to an activating group) is 1. The molecule has 4 heteroatoms. The summed E-state index contributed by atoms with van der Waals surface area (Å²) in [5, 5.41) is 6.47. The second kappa shape index (κ2) is 5.89. The lowest BCUT2D eigenvalue weighted by molar-refractivity contribution is 0.600. The molecule has 90 valence electrons. The number of nitrogens with one attached hydrogen (secondary N) is 1. The summed E-state index contributed by atoms with van der Waals surface area (Å²) in [6.07, 6.45) is 4.73. The molecule has 0 aliphatic heterocycles. The third kappa shape index (κ3) is 2.90. The monoisotopic (exact) mass is 247 g/mol. The molecular weight excluding hydrogens is 230 g/mol. The van der Waals surface area contributed by atoms with Gasteiger partial charge < -0.3 is 5.32 Å². The van der Waals surface area contributed by atoms with Crippen molar-refractivity contribution in [2.75, 3.05) is 13.6 Å². The molecule has 17 heavy (non-hydrogen) atoms. The van der Waals surface area contributed by atoms with Crippen molar-refractivity contribution in [3.63, 3.8) is 0 Å². The molecule has 0 aromatic carbocycles.